The van der Waals surface area contributed by atoms with E-state index in [0.29, 0.717) is 13.2 Å². The minimum Gasteiger partial charge on any atom is -0.466 e. The molecule has 0 aromatic carbocycles. The summed E-state index contributed by atoms with van der Waals surface area (Å²) in [4.78, 5) is 25.4. The van der Waals surface area contributed by atoms with Gasteiger partial charge in [0.1, 0.15) is 5.82 Å². The van der Waals surface area contributed by atoms with Crippen LogP contribution in [0.15, 0.2) is 23.3 Å². The van der Waals surface area contributed by atoms with E-state index in [9.17, 15) is 4.79 Å². The van der Waals surface area contributed by atoms with Gasteiger partial charge in [-0.3, -0.25) is 9.79 Å². The lowest BCUT2D eigenvalue weighted by molar-refractivity contribution is -0.149. The fourth-order valence-electron chi connectivity index (χ4n) is 3.76. The molecule has 3 heterocycles. The molecule has 2 aliphatic rings. The van der Waals surface area contributed by atoms with E-state index in [-0.39, 0.29) is 11.9 Å². The largest absolute Gasteiger partial charge is 0.466 e. The van der Waals surface area contributed by atoms with Crippen molar-refractivity contribution in [2.24, 2.45) is 10.9 Å². The van der Waals surface area contributed by atoms with Crippen molar-refractivity contribution < 1.29 is 9.53 Å². The maximum absolute atomic E-state index is 11.9. The molecule has 3 rings (SSSR count). The maximum atomic E-state index is 11.9. The van der Waals surface area contributed by atoms with Gasteiger partial charge in [-0.2, -0.15) is 0 Å². The highest BCUT2D eigenvalue weighted by molar-refractivity contribution is 5.80. The van der Waals surface area contributed by atoms with Gasteiger partial charge in [0.2, 0.25) is 0 Å². The van der Waals surface area contributed by atoms with Crippen molar-refractivity contribution >= 4 is 17.7 Å². The van der Waals surface area contributed by atoms with Crippen molar-refractivity contribution in [2.75, 3.05) is 44.7 Å². The Morgan fingerprint density at radius 3 is 2.59 bits per heavy atom. The fraction of sp³-hybridized carbons (Fsp3) is 0.650. The molecule has 0 amide bonds. The monoisotopic (exact) mass is 373 g/mol. The van der Waals surface area contributed by atoms with Crippen LogP contribution in [0.2, 0.25) is 0 Å². The number of rotatable bonds is 5. The van der Waals surface area contributed by atoms with E-state index in [1.54, 1.807) is 7.05 Å². The summed E-state index contributed by atoms with van der Waals surface area (Å²) in [6, 6.07) is 4.24. The number of guanidine groups is 1. The van der Waals surface area contributed by atoms with Gasteiger partial charge in [-0.15, -0.1) is 0 Å². The SMILES string of the molecule is CCOC(=O)C1CCN(C(=NC)NCc2ccc(N3CCCC3)nc2)CC1. The Morgan fingerprint density at radius 1 is 1.26 bits per heavy atom. The summed E-state index contributed by atoms with van der Waals surface area (Å²) < 4.78 is 5.14. The summed E-state index contributed by atoms with van der Waals surface area (Å²) in [6.45, 7) is 6.85. The number of hydrogen-bond acceptors (Lipinski definition) is 5. The summed E-state index contributed by atoms with van der Waals surface area (Å²) in [6.07, 6.45) is 6.08. The molecule has 1 N–H and O–H groups in total. The molecular formula is C20H31N5O2. The maximum Gasteiger partial charge on any atom is 0.309 e. The lowest BCUT2D eigenvalue weighted by Gasteiger charge is -2.33. The van der Waals surface area contributed by atoms with Crippen LogP contribution < -0.4 is 10.2 Å². The molecule has 2 aliphatic heterocycles. The van der Waals surface area contributed by atoms with Gasteiger partial charge in [-0.1, -0.05) is 6.07 Å². The van der Waals surface area contributed by atoms with Crippen LogP contribution in [0.5, 0.6) is 0 Å². The third kappa shape index (κ3) is 5.11. The van der Waals surface area contributed by atoms with Crippen molar-refractivity contribution in [1.82, 2.24) is 15.2 Å². The molecule has 7 heteroatoms. The zero-order valence-electron chi connectivity index (χ0n) is 16.5. The van der Waals surface area contributed by atoms with Gasteiger partial charge in [-0.25, -0.2) is 4.98 Å². The highest BCUT2D eigenvalue weighted by Crippen LogP contribution is 2.19. The van der Waals surface area contributed by atoms with Crippen molar-refractivity contribution in [3.63, 3.8) is 0 Å². The molecule has 0 radical (unpaired) electrons. The Balaban J connectivity index is 1.47. The summed E-state index contributed by atoms with van der Waals surface area (Å²) >= 11 is 0. The van der Waals surface area contributed by atoms with Crippen molar-refractivity contribution in [3.8, 4) is 0 Å². The Labute approximate surface area is 161 Å². The number of esters is 1. The number of ether oxygens (including phenoxy) is 1. The Bertz CT molecular complexity index is 632. The Hall–Kier alpha value is -2.31. The number of anilines is 1. The van der Waals surface area contributed by atoms with Crippen LogP contribution >= 0.6 is 0 Å². The molecule has 2 fully saturated rings. The van der Waals surface area contributed by atoms with E-state index >= 15 is 0 Å². The van der Waals surface area contributed by atoms with E-state index in [1.165, 1.54) is 12.8 Å². The van der Waals surface area contributed by atoms with E-state index in [4.69, 9.17) is 4.74 Å². The highest BCUT2D eigenvalue weighted by atomic mass is 16.5. The molecule has 0 saturated carbocycles. The van der Waals surface area contributed by atoms with Crippen LogP contribution in [0.1, 0.15) is 38.2 Å². The summed E-state index contributed by atoms with van der Waals surface area (Å²) in [5.74, 6) is 1.90. The number of nitrogens with one attached hydrogen (secondary N) is 1. The third-order valence-electron chi connectivity index (χ3n) is 5.32. The zero-order chi connectivity index (χ0) is 19.1. The second-order valence-electron chi connectivity index (χ2n) is 7.13. The van der Waals surface area contributed by atoms with Crippen LogP contribution in [0.4, 0.5) is 5.82 Å². The first-order valence-electron chi connectivity index (χ1n) is 10.0. The minimum absolute atomic E-state index is 0.0154. The number of likely N-dealkylation sites (tertiary alicyclic amines) is 1. The summed E-state index contributed by atoms with van der Waals surface area (Å²) in [5.41, 5.74) is 1.14. The topological polar surface area (TPSA) is 70.1 Å². The molecule has 1 aromatic heterocycles. The summed E-state index contributed by atoms with van der Waals surface area (Å²) in [5, 5.41) is 3.42. The number of nitrogens with zero attached hydrogens (tertiary/aromatic N) is 4. The standard InChI is InChI=1S/C20H31N5O2/c1-3-27-19(26)17-8-12-25(13-9-17)20(21-2)23-15-16-6-7-18(22-14-16)24-10-4-5-11-24/h6-7,14,17H,3-5,8-13,15H2,1-2H3,(H,21,23). The Kier molecular flexibility index (Phi) is 6.90. The molecule has 0 unspecified atom stereocenters. The first-order chi connectivity index (χ1) is 13.2. The third-order valence-corrected chi connectivity index (χ3v) is 5.32. The normalized spacial score (nSPS) is 18.7. The molecule has 27 heavy (non-hydrogen) atoms. The number of aromatic nitrogens is 1. The van der Waals surface area contributed by atoms with Crippen LogP contribution in [0.25, 0.3) is 0 Å². The average molecular weight is 374 g/mol. The summed E-state index contributed by atoms with van der Waals surface area (Å²) in [7, 11) is 1.80. The van der Waals surface area contributed by atoms with Crippen LogP contribution in [-0.2, 0) is 16.1 Å². The molecule has 0 aliphatic carbocycles. The van der Waals surface area contributed by atoms with Crippen molar-refractivity contribution in [1.29, 1.82) is 0 Å². The van der Waals surface area contributed by atoms with Gasteiger partial charge in [0, 0.05) is 46.0 Å². The van der Waals surface area contributed by atoms with E-state index < -0.39 is 0 Å². The number of aliphatic imine (C=N–C) groups is 1. The first kappa shape index (κ1) is 19.5. The molecule has 7 nitrogen and oxygen atoms in total. The quantitative estimate of drug-likeness (QED) is 0.484. The predicted molar refractivity (Wildman–Crippen MR) is 107 cm³/mol. The molecular weight excluding hydrogens is 342 g/mol. The predicted octanol–water partition coefficient (Wildman–Crippen LogP) is 2.03. The second-order valence-corrected chi connectivity index (χ2v) is 7.13. The second kappa shape index (κ2) is 9.58. The molecule has 0 spiro atoms. The highest BCUT2D eigenvalue weighted by Gasteiger charge is 2.27. The molecule has 2 saturated heterocycles. The molecule has 1 aromatic rings. The lowest BCUT2D eigenvalue weighted by atomic mass is 9.97. The molecule has 148 valence electrons. The molecule has 0 atom stereocenters. The Morgan fingerprint density at radius 2 is 2.00 bits per heavy atom. The lowest BCUT2D eigenvalue weighted by Crippen LogP contribution is -2.46. The smallest absolute Gasteiger partial charge is 0.309 e. The van der Waals surface area contributed by atoms with Gasteiger partial charge in [-0.05, 0) is 44.2 Å². The number of piperidine rings is 1. The number of carbonyl (C=O) groups excluding carboxylic acids is 1. The van der Waals surface area contributed by atoms with Crippen molar-refractivity contribution in [3.05, 3.63) is 23.9 Å². The number of carbonyl (C=O) groups is 1. The zero-order valence-corrected chi connectivity index (χ0v) is 16.5. The van der Waals surface area contributed by atoms with Crippen LogP contribution in [-0.4, -0.2) is 61.6 Å². The van der Waals surface area contributed by atoms with E-state index in [0.717, 1.165) is 56.4 Å². The average Bonchev–Trinajstić information content (AvgIpc) is 3.24. The van der Waals surface area contributed by atoms with Crippen LogP contribution in [0.3, 0.4) is 0 Å². The minimum atomic E-state index is -0.0655. The van der Waals surface area contributed by atoms with Gasteiger partial charge in [0.05, 0.1) is 12.5 Å². The van der Waals surface area contributed by atoms with E-state index in [2.05, 4.69) is 37.2 Å². The first-order valence-corrected chi connectivity index (χ1v) is 10.0. The van der Waals surface area contributed by atoms with Gasteiger partial charge in [0.15, 0.2) is 5.96 Å². The van der Waals surface area contributed by atoms with Gasteiger partial charge in [0.25, 0.3) is 0 Å². The van der Waals surface area contributed by atoms with E-state index in [1.807, 2.05) is 13.1 Å². The number of pyridine rings is 1. The molecule has 0 bridgehead atoms. The van der Waals surface area contributed by atoms with Gasteiger partial charge >= 0.3 is 5.97 Å². The number of hydrogen-bond donors (Lipinski definition) is 1. The van der Waals surface area contributed by atoms with Crippen LogP contribution in [0, 0.1) is 5.92 Å². The van der Waals surface area contributed by atoms with Crippen molar-refractivity contribution in [2.45, 2.75) is 39.2 Å². The fourth-order valence-corrected chi connectivity index (χ4v) is 3.76. The van der Waals surface area contributed by atoms with Gasteiger partial charge < -0.3 is 19.9 Å².